The third-order valence-corrected chi connectivity index (χ3v) is 2.82. The zero-order valence-electron chi connectivity index (χ0n) is 8.83. The number of carbonyl (C=O) groups excluding carboxylic acids is 1. The number of aliphatic hydroxyl groups is 1. The van der Waals surface area contributed by atoms with Crippen LogP contribution in [-0.2, 0) is 4.79 Å². The fourth-order valence-corrected chi connectivity index (χ4v) is 2.02. The molecule has 0 aromatic carbocycles. The monoisotopic (exact) mass is 200 g/mol. The lowest BCUT2D eigenvalue weighted by Gasteiger charge is -2.23. The zero-order valence-corrected chi connectivity index (χ0v) is 8.83. The Hall–Kier alpha value is -0.610. The van der Waals surface area contributed by atoms with Gasteiger partial charge in [0.2, 0.25) is 5.91 Å². The van der Waals surface area contributed by atoms with E-state index < -0.39 is 0 Å². The highest BCUT2D eigenvalue weighted by Gasteiger charge is 2.24. The van der Waals surface area contributed by atoms with E-state index in [2.05, 4.69) is 10.2 Å². The summed E-state index contributed by atoms with van der Waals surface area (Å²) in [5.41, 5.74) is 0. The van der Waals surface area contributed by atoms with Crippen LogP contribution in [0.5, 0.6) is 0 Å². The number of amides is 1. The Morgan fingerprint density at radius 1 is 1.64 bits per heavy atom. The van der Waals surface area contributed by atoms with Gasteiger partial charge >= 0.3 is 0 Å². The maximum Gasteiger partial charge on any atom is 0.233 e. The Bertz CT molecular complexity index is 185. The highest BCUT2D eigenvalue weighted by Crippen LogP contribution is 2.20. The Balaban J connectivity index is 2.31. The molecule has 82 valence electrons. The summed E-state index contributed by atoms with van der Waals surface area (Å²) in [5, 5.41) is 11.4. The molecular weight excluding hydrogens is 180 g/mol. The molecule has 1 saturated heterocycles. The minimum Gasteiger partial charge on any atom is -0.396 e. The van der Waals surface area contributed by atoms with Crippen molar-refractivity contribution in [3.63, 3.8) is 0 Å². The number of hydrogen-bond donors (Lipinski definition) is 2. The molecule has 14 heavy (non-hydrogen) atoms. The van der Waals surface area contributed by atoms with Gasteiger partial charge in [-0.3, -0.25) is 9.69 Å². The molecule has 2 N–H and O–H groups in total. The number of nitrogens with one attached hydrogen (secondary N) is 1. The van der Waals surface area contributed by atoms with Gasteiger partial charge in [0, 0.05) is 19.7 Å². The first kappa shape index (κ1) is 11.5. The smallest absolute Gasteiger partial charge is 0.233 e. The Morgan fingerprint density at radius 3 is 3.07 bits per heavy atom. The molecule has 1 amide bonds. The van der Waals surface area contributed by atoms with E-state index in [-0.39, 0.29) is 12.5 Å². The van der Waals surface area contributed by atoms with E-state index in [1.54, 1.807) is 7.05 Å². The van der Waals surface area contributed by atoms with Gasteiger partial charge in [0.1, 0.15) is 0 Å². The number of likely N-dealkylation sites (N-methyl/N-ethyl adjacent to an activating group) is 1. The largest absolute Gasteiger partial charge is 0.396 e. The molecule has 0 spiro atoms. The van der Waals surface area contributed by atoms with Gasteiger partial charge < -0.3 is 10.4 Å². The van der Waals surface area contributed by atoms with Gasteiger partial charge in [-0.05, 0) is 32.2 Å². The van der Waals surface area contributed by atoms with Crippen LogP contribution in [0, 0.1) is 0 Å². The van der Waals surface area contributed by atoms with E-state index in [1.807, 2.05) is 0 Å². The molecule has 0 bridgehead atoms. The fourth-order valence-electron chi connectivity index (χ4n) is 2.02. The highest BCUT2D eigenvalue weighted by atomic mass is 16.2. The predicted octanol–water partition coefficient (Wildman–Crippen LogP) is -0.0307. The van der Waals surface area contributed by atoms with Crippen LogP contribution < -0.4 is 5.32 Å². The number of nitrogens with zero attached hydrogens (tertiary/aromatic N) is 1. The van der Waals surface area contributed by atoms with Crippen LogP contribution in [0.1, 0.15) is 25.7 Å². The van der Waals surface area contributed by atoms with Gasteiger partial charge in [0.05, 0.1) is 6.54 Å². The van der Waals surface area contributed by atoms with Gasteiger partial charge in [-0.2, -0.15) is 0 Å². The molecule has 0 saturated carbocycles. The zero-order chi connectivity index (χ0) is 10.4. The van der Waals surface area contributed by atoms with Crippen molar-refractivity contribution >= 4 is 5.91 Å². The van der Waals surface area contributed by atoms with Crippen molar-refractivity contribution in [3.8, 4) is 0 Å². The van der Waals surface area contributed by atoms with Gasteiger partial charge in [0.25, 0.3) is 0 Å². The topological polar surface area (TPSA) is 52.6 Å². The first-order chi connectivity index (χ1) is 6.77. The molecule has 0 radical (unpaired) electrons. The summed E-state index contributed by atoms with van der Waals surface area (Å²) in [5.74, 6) is 0.0842. The summed E-state index contributed by atoms with van der Waals surface area (Å²) in [4.78, 5) is 13.4. The lowest BCUT2D eigenvalue weighted by molar-refractivity contribution is -0.122. The first-order valence-corrected chi connectivity index (χ1v) is 5.33. The number of likely N-dealkylation sites (tertiary alicyclic amines) is 1. The van der Waals surface area contributed by atoms with Crippen LogP contribution in [0.2, 0.25) is 0 Å². The van der Waals surface area contributed by atoms with Gasteiger partial charge in [-0.25, -0.2) is 0 Å². The average molecular weight is 200 g/mol. The van der Waals surface area contributed by atoms with E-state index in [0.29, 0.717) is 12.6 Å². The number of carbonyl (C=O) groups is 1. The Labute approximate surface area is 85.3 Å². The standard InChI is InChI=1S/C10H20N2O2/c1-11-10(14)8-12-6-2-4-9(12)5-3-7-13/h9,13H,2-8H2,1H3,(H,11,14). The second-order valence-corrected chi connectivity index (χ2v) is 3.81. The van der Waals surface area contributed by atoms with Crippen LogP contribution in [0.15, 0.2) is 0 Å². The quantitative estimate of drug-likeness (QED) is 0.655. The minimum absolute atomic E-state index is 0.0842. The fraction of sp³-hybridized carbons (Fsp3) is 0.900. The summed E-state index contributed by atoms with van der Waals surface area (Å²) < 4.78 is 0. The second-order valence-electron chi connectivity index (χ2n) is 3.81. The van der Waals surface area contributed by atoms with E-state index in [9.17, 15) is 4.79 Å². The molecule has 4 nitrogen and oxygen atoms in total. The number of rotatable bonds is 5. The van der Waals surface area contributed by atoms with E-state index >= 15 is 0 Å². The Morgan fingerprint density at radius 2 is 2.43 bits per heavy atom. The van der Waals surface area contributed by atoms with Crippen LogP contribution in [0.3, 0.4) is 0 Å². The molecule has 1 aliphatic rings. The van der Waals surface area contributed by atoms with E-state index in [0.717, 1.165) is 25.8 Å². The third-order valence-electron chi connectivity index (χ3n) is 2.82. The van der Waals surface area contributed by atoms with Crippen LogP contribution in [0.25, 0.3) is 0 Å². The van der Waals surface area contributed by atoms with Crippen molar-refractivity contribution in [1.82, 2.24) is 10.2 Å². The first-order valence-electron chi connectivity index (χ1n) is 5.33. The molecule has 1 fully saturated rings. The summed E-state index contributed by atoms with van der Waals surface area (Å²) >= 11 is 0. The highest BCUT2D eigenvalue weighted by molar-refractivity contribution is 5.77. The van der Waals surface area contributed by atoms with Crippen LogP contribution in [0.4, 0.5) is 0 Å². The number of hydrogen-bond acceptors (Lipinski definition) is 3. The summed E-state index contributed by atoms with van der Waals surface area (Å²) in [6.07, 6.45) is 4.19. The van der Waals surface area contributed by atoms with E-state index in [1.165, 1.54) is 6.42 Å². The lowest BCUT2D eigenvalue weighted by Crippen LogP contribution is -2.38. The molecule has 1 rings (SSSR count). The second kappa shape index (κ2) is 5.98. The SMILES string of the molecule is CNC(=O)CN1CCCC1CCCO. The maximum absolute atomic E-state index is 11.2. The summed E-state index contributed by atoms with van der Waals surface area (Å²) in [6, 6.07) is 0.499. The normalized spacial score (nSPS) is 22.6. The van der Waals surface area contributed by atoms with Gasteiger partial charge in [-0.1, -0.05) is 0 Å². The molecule has 1 unspecified atom stereocenters. The summed E-state index contributed by atoms with van der Waals surface area (Å²) in [6.45, 7) is 1.78. The number of aliphatic hydroxyl groups excluding tert-OH is 1. The van der Waals surface area contributed by atoms with Crippen molar-refractivity contribution in [2.24, 2.45) is 0 Å². The van der Waals surface area contributed by atoms with Crippen molar-refractivity contribution in [1.29, 1.82) is 0 Å². The molecule has 1 heterocycles. The molecule has 1 atom stereocenters. The lowest BCUT2D eigenvalue weighted by atomic mass is 10.1. The molecule has 4 heteroatoms. The van der Waals surface area contributed by atoms with Crippen molar-refractivity contribution in [3.05, 3.63) is 0 Å². The predicted molar refractivity (Wildman–Crippen MR) is 55.0 cm³/mol. The molecular formula is C10H20N2O2. The summed E-state index contributed by atoms with van der Waals surface area (Å²) in [7, 11) is 1.67. The molecule has 0 aromatic rings. The van der Waals surface area contributed by atoms with Gasteiger partial charge in [0.15, 0.2) is 0 Å². The maximum atomic E-state index is 11.2. The van der Waals surface area contributed by atoms with Crippen LogP contribution >= 0.6 is 0 Å². The van der Waals surface area contributed by atoms with Crippen LogP contribution in [-0.4, -0.2) is 48.7 Å². The van der Waals surface area contributed by atoms with Crippen molar-refractivity contribution < 1.29 is 9.90 Å². The molecule has 1 aliphatic heterocycles. The molecule has 0 aromatic heterocycles. The minimum atomic E-state index is 0.0842. The Kier molecular flexibility index (Phi) is 4.90. The van der Waals surface area contributed by atoms with Crippen molar-refractivity contribution in [2.45, 2.75) is 31.7 Å². The average Bonchev–Trinajstić information content (AvgIpc) is 2.62. The third kappa shape index (κ3) is 3.27. The van der Waals surface area contributed by atoms with Crippen molar-refractivity contribution in [2.75, 3.05) is 26.7 Å². The molecule has 0 aliphatic carbocycles. The van der Waals surface area contributed by atoms with E-state index in [4.69, 9.17) is 5.11 Å². The van der Waals surface area contributed by atoms with Gasteiger partial charge in [-0.15, -0.1) is 0 Å².